The quantitative estimate of drug-likeness (QED) is 0.485. The van der Waals surface area contributed by atoms with Crippen molar-refractivity contribution in [2.45, 2.75) is 38.7 Å². The van der Waals surface area contributed by atoms with Gasteiger partial charge in [-0.2, -0.15) is 0 Å². The van der Waals surface area contributed by atoms with Crippen LogP contribution in [0, 0.1) is 0 Å². The van der Waals surface area contributed by atoms with E-state index in [1.165, 1.54) is 6.92 Å². The van der Waals surface area contributed by atoms with Crippen LogP contribution in [0.1, 0.15) is 33.1 Å². The van der Waals surface area contributed by atoms with Crippen LogP contribution in [0.3, 0.4) is 0 Å². The molecule has 1 N–H and O–H groups in total. The lowest BCUT2D eigenvalue weighted by Gasteiger charge is -2.14. The summed E-state index contributed by atoms with van der Waals surface area (Å²) in [4.78, 5) is 10.2. The monoisotopic (exact) mass is 156 g/mol. The van der Waals surface area contributed by atoms with E-state index in [0.29, 0.717) is 12.7 Å². The number of aliphatic hydroxyl groups is 1. The first-order chi connectivity index (χ1) is 4.98. The molecule has 64 valence electrons. The molecule has 0 rings (SSSR count). The molecule has 0 fully saturated rings. The Morgan fingerprint density at radius 2 is 2.27 bits per heavy atom. The number of hydrogen-bond acceptors (Lipinski definition) is 2. The first-order valence-corrected chi connectivity index (χ1v) is 3.81. The minimum Gasteiger partial charge on any atom is -0.383 e. The summed E-state index contributed by atoms with van der Waals surface area (Å²) in [6.45, 7) is 7.20. The minimum atomic E-state index is -1.14. The van der Waals surface area contributed by atoms with Gasteiger partial charge in [0.2, 0.25) is 0 Å². The van der Waals surface area contributed by atoms with Gasteiger partial charge in [0.1, 0.15) is 5.60 Å². The molecule has 0 aliphatic heterocycles. The Labute approximate surface area is 67.9 Å². The molecule has 2 heteroatoms. The van der Waals surface area contributed by atoms with Crippen molar-refractivity contribution in [1.82, 2.24) is 0 Å². The molecule has 0 amide bonds. The highest BCUT2D eigenvalue weighted by Gasteiger charge is 2.17. The Bertz CT molecular complexity index is 148. The van der Waals surface area contributed by atoms with Crippen LogP contribution in [0.15, 0.2) is 12.2 Å². The average Bonchev–Trinajstić information content (AvgIpc) is 1.87. The maximum Gasteiger partial charge on any atom is 0.151 e. The highest BCUT2D eigenvalue weighted by molar-refractivity contribution is 5.60. The van der Waals surface area contributed by atoms with Crippen molar-refractivity contribution in [2.75, 3.05) is 0 Å². The summed E-state index contributed by atoms with van der Waals surface area (Å²) in [7, 11) is 0. The first-order valence-electron chi connectivity index (χ1n) is 3.81. The number of allylic oxidation sites excluding steroid dienone is 1. The van der Waals surface area contributed by atoms with E-state index in [0.717, 1.165) is 18.4 Å². The summed E-state index contributed by atoms with van der Waals surface area (Å²) in [5.74, 6) is 0. The SMILES string of the molecule is C=C(C)CCCC(C)(O)C=O. The smallest absolute Gasteiger partial charge is 0.151 e. The van der Waals surface area contributed by atoms with E-state index in [1.807, 2.05) is 6.92 Å². The van der Waals surface area contributed by atoms with Crippen LogP contribution >= 0.6 is 0 Å². The van der Waals surface area contributed by atoms with Crippen LogP contribution in [-0.4, -0.2) is 17.0 Å². The maximum atomic E-state index is 10.2. The second-order valence-electron chi connectivity index (χ2n) is 3.29. The van der Waals surface area contributed by atoms with Gasteiger partial charge >= 0.3 is 0 Å². The third kappa shape index (κ3) is 5.80. The molecule has 0 radical (unpaired) electrons. The van der Waals surface area contributed by atoms with Crippen molar-refractivity contribution in [3.05, 3.63) is 12.2 Å². The van der Waals surface area contributed by atoms with Gasteiger partial charge in [0, 0.05) is 0 Å². The molecular formula is C9H16O2. The Kier molecular flexibility index (Phi) is 4.04. The standard InChI is InChI=1S/C9H16O2/c1-8(2)5-4-6-9(3,11)7-10/h7,11H,1,4-6H2,2-3H3. The first kappa shape index (κ1) is 10.4. The van der Waals surface area contributed by atoms with Crippen molar-refractivity contribution in [3.8, 4) is 0 Å². The van der Waals surface area contributed by atoms with Gasteiger partial charge in [-0.05, 0) is 33.1 Å². The molecule has 1 atom stereocenters. The van der Waals surface area contributed by atoms with Crippen LogP contribution in [0.2, 0.25) is 0 Å². The molecule has 0 spiro atoms. The van der Waals surface area contributed by atoms with Crippen molar-refractivity contribution in [1.29, 1.82) is 0 Å². The third-order valence-electron chi connectivity index (χ3n) is 1.54. The molecule has 0 bridgehead atoms. The van der Waals surface area contributed by atoms with Crippen LogP contribution < -0.4 is 0 Å². The topological polar surface area (TPSA) is 37.3 Å². The van der Waals surface area contributed by atoms with Crippen LogP contribution in [-0.2, 0) is 4.79 Å². The lowest BCUT2D eigenvalue weighted by molar-refractivity contribution is -0.123. The number of aldehydes is 1. The van der Waals surface area contributed by atoms with Gasteiger partial charge < -0.3 is 9.90 Å². The van der Waals surface area contributed by atoms with Crippen molar-refractivity contribution >= 4 is 6.29 Å². The molecule has 0 aromatic rings. The fourth-order valence-electron chi connectivity index (χ4n) is 0.807. The second-order valence-corrected chi connectivity index (χ2v) is 3.29. The number of rotatable bonds is 5. The lowest BCUT2D eigenvalue weighted by Crippen LogP contribution is -2.25. The fourth-order valence-corrected chi connectivity index (χ4v) is 0.807. The maximum absolute atomic E-state index is 10.2. The molecular weight excluding hydrogens is 140 g/mol. The Morgan fingerprint density at radius 1 is 1.73 bits per heavy atom. The van der Waals surface area contributed by atoms with E-state index < -0.39 is 5.60 Å². The molecule has 0 saturated heterocycles. The summed E-state index contributed by atoms with van der Waals surface area (Å²) >= 11 is 0. The highest BCUT2D eigenvalue weighted by atomic mass is 16.3. The average molecular weight is 156 g/mol. The number of carbonyl (C=O) groups excluding carboxylic acids is 1. The normalized spacial score (nSPS) is 15.5. The van der Waals surface area contributed by atoms with Crippen molar-refractivity contribution in [2.24, 2.45) is 0 Å². The Balaban J connectivity index is 3.53. The van der Waals surface area contributed by atoms with Crippen molar-refractivity contribution in [3.63, 3.8) is 0 Å². The lowest BCUT2D eigenvalue weighted by atomic mass is 9.99. The number of hydrogen-bond donors (Lipinski definition) is 1. The van der Waals surface area contributed by atoms with Gasteiger partial charge in [-0.25, -0.2) is 0 Å². The predicted molar refractivity (Wildman–Crippen MR) is 45.4 cm³/mol. The second kappa shape index (κ2) is 4.29. The summed E-state index contributed by atoms with van der Waals surface area (Å²) in [5.41, 5.74) is -0.0539. The molecule has 2 nitrogen and oxygen atoms in total. The third-order valence-corrected chi connectivity index (χ3v) is 1.54. The fraction of sp³-hybridized carbons (Fsp3) is 0.667. The van der Waals surface area contributed by atoms with E-state index >= 15 is 0 Å². The molecule has 0 aromatic heterocycles. The molecule has 1 unspecified atom stereocenters. The van der Waals surface area contributed by atoms with E-state index in [-0.39, 0.29) is 0 Å². The summed E-state index contributed by atoms with van der Waals surface area (Å²) in [6.07, 6.45) is 2.81. The zero-order valence-electron chi connectivity index (χ0n) is 7.26. The summed E-state index contributed by atoms with van der Waals surface area (Å²) < 4.78 is 0. The predicted octanol–water partition coefficient (Wildman–Crippen LogP) is 1.68. The zero-order chi connectivity index (χ0) is 8.91. The molecule has 0 saturated carbocycles. The van der Waals surface area contributed by atoms with E-state index in [9.17, 15) is 9.90 Å². The molecule has 11 heavy (non-hydrogen) atoms. The van der Waals surface area contributed by atoms with E-state index in [4.69, 9.17) is 0 Å². The van der Waals surface area contributed by atoms with Gasteiger partial charge in [0.15, 0.2) is 6.29 Å². The molecule has 0 heterocycles. The van der Waals surface area contributed by atoms with Crippen LogP contribution in [0.4, 0.5) is 0 Å². The van der Waals surface area contributed by atoms with Crippen LogP contribution in [0.25, 0.3) is 0 Å². The van der Waals surface area contributed by atoms with Gasteiger partial charge in [-0.15, -0.1) is 6.58 Å². The van der Waals surface area contributed by atoms with Gasteiger partial charge in [-0.3, -0.25) is 0 Å². The zero-order valence-corrected chi connectivity index (χ0v) is 7.26. The van der Waals surface area contributed by atoms with E-state index in [2.05, 4.69) is 6.58 Å². The van der Waals surface area contributed by atoms with Gasteiger partial charge in [-0.1, -0.05) is 5.57 Å². The number of carbonyl (C=O) groups is 1. The molecule has 0 aliphatic rings. The van der Waals surface area contributed by atoms with Crippen LogP contribution in [0.5, 0.6) is 0 Å². The Morgan fingerprint density at radius 3 is 2.64 bits per heavy atom. The van der Waals surface area contributed by atoms with Gasteiger partial charge in [0.05, 0.1) is 0 Å². The minimum absolute atomic E-state index is 0.517. The summed E-state index contributed by atoms with van der Waals surface area (Å²) in [5, 5.41) is 9.24. The highest BCUT2D eigenvalue weighted by Crippen LogP contribution is 2.12. The molecule has 0 aliphatic carbocycles. The largest absolute Gasteiger partial charge is 0.383 e. The van der Waals surface area contributed by atoms with Gasteiger partial charge in [0.25, 0.3) is 0 Å². The molecule has 0 aromatic carbocycles. The summed E-state index contributed by atoms with van der Waals surface area (Å²) in [6, 6.07) is 0. The van der Waals surface area contributed by atoms with Crippen molar-refractivity contribution < 1.29 is 9.90 Å². The Hall–Kier alpha value is -0.630. The van der Waals surface area contributed by atoms with E-state index in [1.54, 1.807) is 0 Å².